The maximum Gasteiger partial charge on any atom is 0.184 e. The maximum atomic E-state index is 12.3. The van der Waals surface area contributed by atoms with Crippen LogP contribution in [0.3, 0.4) is 0 Å². The van der Waals surface area contributed by atoms with E-state index in [2.05, 4.69) is 0 Å². The van der Waals surface area contributed by atoms with Gasteiger partial charge in [-0.15, -0.1) is 0 Å². The standard InChI is InChI=1S/C12H14O6S/c1-12(2,3)19(17,18)9-7(10(13)14)5-4-6-8(9)11(15)16/h4-6H,1-3H3,(H,13,14)(H,15,16)/p-2. The number of rotatable bonds is 3. The number of carbonyl (C=O) groups is 2. The predicted molar refractivity (Wildman–Crippen MR) is 62.0 cm³/mol. The number of carbonyl (C=O) groups excluding carboxylic acids is 2. The van der Waals surface area contributed by atoms with Crippen LogP contribution in [-0.4, -0.2) is 25.1 Å². The molecule has 0 aliphatic rings. The number of aromatic carboxylic acids is 2. The molecule has 0 radical (unpaired) electrons. The average molecular weight is 284 g/mol. The number of hydrogen-bond acceptors (Lipinski definition) is 6. The SMILES string of the molecule is CC(C)(C)S(=O)(=O)c1c(C(=O)[O-])cccc1C(=O)[O-]. The monoisotopic (exact) mass is 284 g/mol. The first-order valence-corrected chi connectivity index (χ1v) is 6.79. The Kier molecular flexibility index (Phi) is 3.72. The third kappa shape index (κ3) is 2.60. The zero-order valence-electron chi connectivity index (χ0n) is 10.6. The van der Waals surface area contributed by atoms with Crippen molar-refractivity contribution in [3.8, 4) is 0 Å². The molecule has 1 rings (SSSR count). The van der Waals surface area contributed by atoms with E-state index in [1.54, 1.807) is 0 Å². The summed E-state index contributed by atoms with van der Waals surface area (Å²) in [6.07, 6.45) is 0. The zero-order valence-corrected chi connectivity index (χ0v) is 11.4. The molecule has 6 nitrogen and oxygen atoms in total. The van der Waals surface area contributed by atoms with Gasteiger partial charge in [0.15, 0.2) is 9.84 Å². The molecule has 0 unspecified atom stereocenters. The van der Waals surface area contributed by atoms with Gasteiger partial charge in [0.2, 0.25) is 0 Å². The summed E-state index contributed by atoms with van der Waals surface area (Å²) in [5.74, 6) is -3.52. The van der Waals surface area contributed by atoms with Crippen molar-refractivity contribution in [1.29, 1.82) is 0 Å². The van der Waals surface area contributed by atoms with Crippen molar-refractivity contribution in [3.63, 3.8) is 0 Å². The molecule has 0 spiro atoms. The minimum absolute atomic E-state index is 0.684. The van der Waals surface area contributed by atoms with Crippen molar-refractivity contribution in [1.82, 2.24) is 0 Å². The molecule has 1 aromatic carbocycles. The fourth-order valence-electron chi connectivity index (χ4n) is 1.45. The van der Waals surface area contributed by atoms with Crippen LogP contribution in [0.4, 0.5) is 0 Å². The quantitative estimate of drug-likeness (QED) is 0.702. The van der Waals surface area contributed by atoms with Crippen LogP contribution in [0.1, 0.15) is 41.5 Å². The topological polar surface area (TPSA) is 114 Å². The second kappa shape index (κ2) is 4.65. The summed E-state index contributed by atoms with van der Waals surface area (Å²) in [6, 6.07) is 3.10. The van der Waals surface area contributed by atoms with Gasteiger partial charge in [0.25, 0.3) is 0 Å². The van der Waals surface area contributed by atoms with Gasteiger partial charge >= 0.3 is 0 Å². The van der Waals surface area contributed by atoms with Gasteiger partial charge in [-0.25, -0.2) is 8.42 Å². The molecule has 0 saturated heterocycles. The van der Waals surface area contributed by atoms with Crippen molar-refractivity contribution in [2.45, 2.75) is 30.4 Å². The van der Waals surface area contributed by atoms with Crippen molar-refractivity contribution in [2.75, 3.05) is 0 Å². The van der Waals surface area contributed by atoms with E-state index in [0.29, 0.717) is 0 Å². The maximum absolute atomic E-state index is 12.3. The van der Waals surface area contributed by atoms with Gasteiger partial charge in [-0.2, -0.15) is 0 Å². The van der Waals surface area contributed by atoms with Gasteiger partial charge < -0.3 is 19.8 Å². The van der Waals surface area contributed by atoms with Gasteiger partial charge in [-0.05, 0) is 20.8 Å². The predicted octanol–water partition coefficient (Wildman–Crippen LogP) is -1.01. The van der Waals surface area contributed by atoms with E-state index in [4.69, 9.17) is 0 Å². The molecule has 0 N–H and O–H groups in total. The van der Waals surface area contributed by atoms with Crippen molar-refractivity contribution in [2.24, 2.45) is 0 Å². The van der Waals surface area contributed by atoms with Crippen molar-refractivity contribution in [3.05, 3.63) is 29.3 Å². The lowest BCUT2D eigenvalue weighted by atomic mass is 10.1. The van der Waals surface area contributed by atoms with E-state index in [0.717, 1.165) is 18.2 Å². The number of carboxylic acid groups (broad SMARTS) is 2. The molecule has 0 aliphatic carbocycles. The Balaban J connectivity index is 3.85. The molecular weight excluding hydrogens is 272 g/mol. The highest BCUT2D eigenvalue weighted by Gasteiger charge is 2.35. The Morgan fingerprint density at radius 1 is 1.00 bits per heavy atom. The van der Waals surface area contributed by atoms with Crippen molar-refractivity contribution < 1.29 is 28.2 Å². The molecule has 1 aromatic rings. The Bertz CT molecular complexity index is 604. The average Bonchev–Trinajstić information content (AvgIpc) is 2.26. The van der Waals surface area contributed by atoms with Crippen LogP contribution in [-0.2, 0) is 9.84 Å². The molecule has 104 valence electrons. The number of hydrogen-bond donors (Lipinski definition) is 0. The molecular formula is C12H12O6S-2. The van der Waals surface area contributed by atoms with Gasteiger partial charge in [-0.3, -0.25) is 0 Å². The van der Waals surface area contributed by atoms with Crippen LogP contribution >= 0.6 is 0 Å². The van der Waals surface area contributed by atoms with Crippen LogP contribution in [0.25, 0.3) is 0 Å². The first-order chi connectivity index (χ1) is 8.50. The van der Waals surface area contributed by atoms with Gasteiger partial charge in [0, 0.05) is 11.1 Å². The van der Waals surface area contributed by atoms with Crippen LogP contribution in [0, 0.1) is 0 Å². The summed E-state index contributed by atoms with van der Waals surface area (Å²) in [5, 5.41) is 22.0. The Morgan fingerprint density at radius 3 is 1.63 bits per heavy atom. The van der Waals surface area contributed by atoms with E-state index in [1.165, 1.54) is 20.8 Å². The second-order valence-corrected chi connectivity index (χ2v) is 7.51. The molecule has 19 heavy (non-hydrogen) atoms. The summed E-state index contributed by atoms with van der Waals surface area (Å²) in [7, 11) is -4.17. The summed E-state index contributed by atoms with van der Waals surface area (Å²) >= 11 is 0. The second-order valence-electron chi connectivity index (χ2n) is 4.87. The van der Waals surface area contributed by atoms with Crippen molar-refractivity contribution >= 4 is 21.8 Å². The van der Waals surface area contributed by atoms with E-state index in [-0.39, 0.29) is 0 Å². The van der Waals surface area contributed by atoms with E-state index in [9.17, 15) is 28.2 Å². The van der Waals surface area contributed by atoms with E-state index in [1.807, 2.05) is 0 Å². The number of benzene rings is 1. The fraction of sp³-hybridized carbons (Fsp3) is 0.333. The Hall–Kier alpha value is -1.89. The van der Waals surface area contributed by atoms with Crippen LogP contribution < -0.4 is 10.2 Å². The third-order valence-corrected chi connectivity index (χ3v) is 5.12. The zero-order chi connectivity index (χ0) is 15.0. The Labute approximate surface area is 110 Å². The first-order valence-electron chi connectivity index (χ1n) is 5.30. The molecule has 0 aliphatic heterocycles. The lowest BCUT2D eigenvalue weighted by Crippen LogP contribution is -2.35. The highest BCUT2D eigenvalue weighted by atomic mass is 32.2. The number of sulfone groups is 1. The van der Waals surface area contributed by atoms with Crippen LogP contribution in [0.5, 0.6) is 0 Å². The third-order valence-electron chi connectivity index (χ3n) is 2.53. The number of carboxylic acids is 2. The summed E-state index contributed by atoms with van der Waals surface area (Å²) in [5.41, 5.74) is -1.37. The molecule has 7 heteroatoms. The summed E-state index contributed by atoms with van der Waals surface area (Å²) in [6.45, 7) is 4.02. The highest BCUT2D eigenvalue weighted by Crippen LogP contribution is 2.30. The lowest BCUT2D eigenvalue weighted by molar-refractivity contribution is -0.255. The molecule has 0 aromatic heterocycles. The van der Waals surface area contributed by atoms with Crippen LogP contribution in [0.2, 0.25) is 0 Å². The molecule has 0 saturated carbocycles. The first kappa shape index (κ1) is 15.2. The van der Waals surface area contributed by atoms with Crippen LogP contribution in [0.15, 0.2) is 23.1 Å². The molecule has 0 amide bonds. The normalized spacial score (nSPS) is 12.2. The van der Waals surface area contributed by atoms with Gasteiger partial charge in [-0.1, -0.05) is 18.2 Å². The molecule has 0 heterocycles. The van der Waals surface area contributed by atoms with Gasteiger partial charge in [0.05, 0.1) is 21.6 Å². The van der Waals surface area contributed by atoms with Gasteiger partial charge in [0.1, 0.15) is 0 Å². The summed E-state index contributed by atoms with van der Waals surface area (Å²) in [4.78, 5) is 21.2. The van der Waals surface area contributed by atoms with E-state index >= 15 is 0 Å². The molecule has 0 atom stereocenters. The summed E-state index contributed by atoms with van der Waals surface area (Å²) < 4.78 is 23.3. The largest absolute Gasteiger partial charge is 0.545 e. The fourth-order valence-corrected chi connectivity index (χ4v) is 2.95. The molecule has 0 bridgehead atoms. The highest BCUT2D eigenvalue weighted by molar-refractivity contribution is 7.93. The smallest absolute Gasteiger partial charge is 0.184 e. The minimum Gasteiger partial charge on any atom is -0.545 e. The minimum atomic E-state index is -4.17. The Morgan fingerprint density at radius 2 is 1.37 bits per heavy atom. The lowest BCUT2D eigenvalue weighted by Gasteiger charge is -2.24. The molecule has 0 fully saturated rings. The van der Waals surface area contributed by atoms with E-state index < -0.39 is 42.5 Å².